The summed E-state index contributed by atoms with van der Waals surface area (Å²) < 4.78 is 15.3. The van der Waals surface area contributed by atoms with E-state index in [0.717, 1.165) is 0 Å². The minimum absolute atomic E-state index is 0.159. The van der Waals surface area contributed by atoms with Crippen molar-refractivity contribution in [3.05, 3.63) is 12.7 Å². The first-order chi connectivity index (χ1) is 9.56. The number of fused-ring (bicyclic) bond motifs is 1. The Morgan fingerprint density at radius 2 is 2.00 bits per heavy atom. The van der Waals surface area contributed by atoms with Crippen LogP contribution in [0.15, 0.2) is 12.7 Å². The van der Waals surface area contributed by atoms with Crippen molar-refractivity contribution in [1.29, 1.82) is 0 Å². The molecule has 1 aliphatic carbocycles. The Morgan fingerprint density at radius 1 is 1.25 bits per heavy atom. The molecular weight excluding hydrogens is 269 g/mol. The fourth-order valence-corrected chi connectivity index (χ4v) is 2.71. The highest BCUT2D eigenvalue weighted by molar-refractivity contribution is 5.81. The summed E-state index contributed by atoms with van der Waals surface area (Å²) in [5, 5.41) is 29.2. The summed E-state index contributed by atoms with van der Waals surface area (Å²) >= 11 is 0. The number of rotatable bonds is 2. The number of hydrogen-bond donors (Lipinski definition) is 4. The minimum Gasteiger partial charge on any atom is -0.396 e. The molecule has 20 heavy (non-hydrogen) atoms. The highest BCUT2D eigenvalue weighted by Crippen LogP contribution is 2.38. The zero-order valence-electron chi connectivity index (χ0n) is 10.3. The van der Waals surface area contributed by atoms with Crippen LogP contribution in [-0.2, 0) is 0 Å². The molecule has 0 spiro atoms. The Morgan fingerprint density at radius 3 is 2.65 bits per heavy atom. The van der Waals surface area contributed by atoms with E-state index < -0.39 is 36.9 Å². The van der Waals surface area contributed by atoms with Crippen molar-refractivity contribution in [2.75, 3.05) is 12.3 Å². The van der Waals surface area contributed by atoms with Gasteiger partial charge in [0.15, 0.2) is 11.5 Å². The lowest BCUT2D eigenvalue weighted by Crippen LogP contribution is -2.29. The zero-order chi connectivity index (χ0) is 14.4. The van der Waals surface area contributed by atoms with Crippen molar-refractivity contribution in [2.24, 2.45) is 5.92 Å². The van der Waals surface area contributed by atoms with Crippen LogP contribution >= 0.6 is 0 Å². The molecule has 0 aliphatic heterocycles. The summed E-state index contributed by atoms with van der Waals surface area (Å²) in [5.41, 5.74) is 6.26. The van der Waals surface area contributed by atoms with Gasteiger partial charge in [0.2, 0.25) is 0 Å². The molecule has 9 heteroatoms. The van der Waals surface area contributed by atoms with Gasteiger partial charge in [-0.05, 0) is 0 Å². The van der Waals surface area contributed by atoms with Gasteiger partial charge in [-0.3, -0.25) is 0 Å². The van der Waals surface area contributed by atoms with Crippen LogP contribution < -0.4 is 5.73 Å². The maximum absolute atomic E-state index is 13.9. The minimum atomic E-state index is -1.73. The fourth-order valence-electron chi connectivity index (χ4n) is 2.71. The smallest absolute Gasteiger partial charge is 0.165 e. The second-order valence-electron chi connectivity index (χ2n) is 4.85. The predicted molar refractivity (Wildman–Crippen MR) is 66.3 cm³/mol. The number of aliphatic hydroxyl groups excluding tert-OH is 3. The van der Waals surface area contributed by atoms with E-state index in [4.69, 9.17) is 10.8 Å². The number of nitrogen functional groups attached to an aromatic ring is 1. The van der Waals surface area contributed by atoms with Gasteiger partial charge in [-0.2, -0.15) is 0 Å². The molecule has 5 unspecified atom stereocenters. The van der Waals surface area contributed by atoms with E-state index in [0.29, 0.717) is 11.2 Å². The van der Waals surface area contributed by atoms with Gasteiger partial charge in [0, 0.05) is 5.92 Å². The van der Waals surface area contributed by atoms with Gasteiger partial charge in [0.1, 0.15) is 24.1 Å². The van der Waals surface area contributed by atoms with Crippen LogP contribution in [0.1, 0.15) is 6.04 Å². The number of nitrogens with zero attached hydrogens (tertiary/aromatic N) is 4. The Kier molecular flexibility index (Phi) is 3.04. The van der Waals surface area contributed by atoms with E-state index >= 15 is 0 Å². The van der Waals surface area contributed by atoms with Crippen molar-refractivity contribution in [3.63, 3.8) is 0 Å². The van der Waals surface area contributed by atoms with Gasteiger partial charge >= 0.3 is 0 Å². The van der Waals surface area contributed by atoms with Crippen LogP contribution in [0, 0.1) is 5.92 Å². The third kappa shape index (κ3) is 1.67. The Bertz CT molecular complexity index is 636. The Labute approximate surface area is 112 Å². The first kappa shape index (κ1) is 13.2. The maximum atomic E-state index is 13.9. The highest BCUT2D eigenvalue weighted by atomic mass is 19.1. The summed E-state index contributed by atoms with van der Waals surface area (Å²) in [7, 11) is 0. The van der Waals surface area contributed by atoms with Gasteiger partial charge in [-0.25, -0.2) is 19.3 Å². The average Bonchev–Trinajstić information content (AvgIpc) is 2.92. The summed E-state index contributed by atoms with van der Waals surface area (Å²) in [6, 6.07) is -0.985. The zero-order valence-corrected chi connectivity index (χ0v) is 10.3. The number of aliphatic hydroxyl groups is 3. The van der Waals surface area contributed by atoms with E-state index in [-0.39, 0.29) is 5.82 Å². The topological polar surface area (TPSA) is 130 Å². The molecule has 8 nitrogen and oxygen atoms in total. The number of aromatic nitrogens is 4. The van der Waals surface area contributed by atoms with Crippen LogP contribution in [-0.4, -0.2) is 59.8 Å². The lowest BCUT2D eigenvalue weighted by atomic mass is 10.1. The molecule has 2 aromatic rings. The number of anilines is 1. The van der Waals surface area contributed by atoms with Gasteiger partial charge in [-0.15, -0.1) is 0 Å². The highest BCUT2D eigenvalue weighted by Gasteiger charge is 2.51. The van der Waals surface area contributed by atoms with E-state index in [1.807, 2.05) is 0 Å². The van der Waals surface area contributed by atoms with Crippen LogP contribution in [0.2, 0.25) is 0 Å². The SMILES string of the molecule is Nc1ncnc2c1ncn2C1C(O)C(F)C(CO)C1O. The van der Waals surface area contributed by atoms with Gasteiger partial charge in [0.25, 0.3) is 0 Å². The van der Waals surface area contributed by atoms with E-state index in [1.54, 1.807) is 0 Å². The molecule has 2 aromatic heterocycles. The summed E-state index contributed by atoms with van der Waals surface area (Å²) in [5.74, 6) is -0.891. The molecule has 108 valence electrons. The second-order valence-corrected chi connectivity index (χ2v) is 4.85. The third-order valence-electron chi connectivity index (χ3n) is 3.79. The number of hydrogen-bond acceptors (Lipinski definition) is 7. The maximum Gasteiger partial charge on any atom is 0.165 e. The van der Waals surface area contributed by atoms with Crippen LogP contribution in [0.3, 0.4) is 0 Å². The molecule has 1 saturated carbocycles. The number of nitrogens with two attached hydrogens (primary N) is 1. The van der Waals surface area contributed by atoms with E-state index in [2.05, 4.69) is 15.0 Å². The van der Waals surface area contributed by atoms with Gasteiger partial charge in [0.05, 0.1) is 25.1 Å². The lowest BCUT2D eigenvalue weighted by molar-refractivity contribution is 0.0452. The first-order valence-corrected chi connectivity index (χ1v) is 6.10. The van der Waals surface area contributed by atoms with Crippen molar-refractivity contribution in [3.8, 4) is 0 Å². The number of alkyl halides is 1. The standard InChI is InChI=1S/C11H14FN5O3/c12-5-4(1-18)8(19)7(9(5)20)17-3-16-6-10(13)14-2-15-11(6)17/h2-5,7-9,18-20H,1H2,(H2,13,14,15). The number of halogens is 1. The molecule has 3 rings (SSSR count). The Hall–Kier alpha value is -1.84. The van der Waals surface area contributed by atoms with Crippen LogP contribution in [0.5, 0.6) is 0 Å². The first-order valence-electron chi connectivity index (χ1n) is 6.10. The largest absolute Gasteiger partial charge is 0.396 e. The molecule has 0 aromatic carbocycles. The molecule has 5 N–H and O–H groups in total. The average molecular weight is 283 g/mol. The summed E-state index contributed by atoms with van der Waals surface area (Å²) in [6.07, 6.45) is -1.90. The lowest BCUT2D eigenvalue weighted by Gasteiger charge is -2.20. The van der Waals surface area contributed by atoms with Crippen molar-refractivity contribution in [1.82, 2.24) is 19.5 Å². The molecular formula is C11H14FN5O3. The number of imidazole rings is 1. The molecule has 0 amide bonds. The van der Waals surface area contributed by atoms with E-state index in [9.17, 15) is 14.6 Å². The molecule has 0 bridgehead atoms. The van der Waals surface area contributed by atoms with Gasteiger partial charge < -0.3 is 25.6 Å². The molecule has 2 heterocycles. The summed E-state index contributed by atoms with van der Waals surface area (Å²) in [6.45, 7) is -0.556. The predicted octanol–water partition coefficient (Wildman–Crippen LogP) is -1.37. The van der Waals surface area contributed by atoms with Crippen LogP contribution in [0.25, 0.3) is 11.2 Å². The van der Waals surface area contributed by atoms with Crippen LogP contribution in [0.4, 0.5) is 10.2 Å². The Balaban J connectivity index is 2.09. The fraction of sp³-hybridized carbons (Fsp3) is 0.545. The second kappa shape index (κ2) is 4.62. The van der Waals surface area contributed by atoms with Crippen molar-refractivity contribution < 1.29 is 19.7 Å². The summed E-state index contributed by atoms with van der Waals surface area (Å²) in [4.78, 5) is 11.8. The molecule has 1 fully saturated rings. The van der Waals surface area contributed by atoms with Crippen molar-refractivity contribution >= 4 is 17.0 Å². The molecule has 0 saturated heterocycles. The molecule has 5 atom stereocenters. The van der Waals surface area contributed by atoms with Crippen molar-refractivity contribution in [2.45, 2.75) is 24.4 Å². The normalized spacial score (nSPS) is 33.9. The molecule has 0 radical (unpaired) electrons. The third-order valence-corrected chi connectivity index (χ3v) is 3.79. The van der Waals surface area contributed by atoms with Gasteiger partial charge in [-0.1, -0.05) is 0 Å². The monoisotopic (exact) mass is 283 g/mol. The van der Waals surface area contributed by atoms with E-state index in [1.165, 1.54) is 17.2 Å². The molecule has 1 aliphatic rings. The quantitative estimate of drug-likeness (QED) is 0.535.